The van der Waals surface area contributed by atoms with E-state index in [0.717, 1.165) is 0 Å². The second kappa shape index (κ2) is 5.92. The van der Waals surface area contributed by atoms with Crippen LogP contribution in [0.5, 0.6) is 0 Å². The number of nitrogen functional groups attached to an aromatic ring is 1. The van der Waals surface area contributed by atoms with Gasteiger partial charge >= 0.3 is 0 Å². The normalized spacial score (nSPS) is 10.3. The monoisotopic (exact) mass is 292 g/mol. The number of hydrogen-bond acceptors (Lipinski definition) is 2. The molecular formula is C15H14ClFN2O. The van der Waals surface area contributed by atoms with E-state index in [-0.39, 0.29) is 12.3 Å². The number of benzene rings is 2. The minimum atomic E-state index is -0.395. The van der Waals surface area contributed by atoms with Gasteiger partial charge in [0.05, 0.1) is 17.8 Å². The summed E-state index contributed by atoms with van der Waals surface area (Å²) in [6, 6.07) is 11.1. The summed E-state index contributed by atoms with van der Waals surface area (Å²) in [5.74, 6) is -0.655. The molecule has 0 heterocycles. The number of anilines is 2. The molecule has 0 aromatic heterocycles. The molecule has 5 heteroatoms. The van der Waals surface area contributed by atoms with Crippen molar-refractivity contribution >= 4 is 28.9 Å². The van der Waals surface area contributed by atoms with Crippen LogP contribution in [0.15, 0.2) is 42.5 Å². The highest BCUT2D eigenvalue weighted by Crippen LogP contribution is 2.26. The predicted molar refractivity (Wildman–Crippen MR) is 79.4 cm³/mol. The van der Waals surface area contributed by atoms with E-state index in [2.05, 4.69) is 0 Å². The molecule has 2 rings (SSSR count). The molecule has 2 aromatic carbocycles. The number of halogens is 2. The van der Waals surface area contributed by atoms with E-state index in [1.54, 1.807) is 43.4 Å². The second-order valence-corrected chi connectivity index (χ2v) is 4.86. The summed E-state index contributed by atoms with van der Waals surface area (Å²) < 4.78 is 13.5. The number of rotatable bonds is 3. The number of likely N-dealkylation sites (N-methyl/N-ethyl adjacent to an activating group) is 1. The first-order valence-electron chi connectivity index (χ1n) is 6.04. The van der Waals surface area contributed by atoms with Gasteiger partial charge in [-0.3, -0.25) is 4.79 Å². The lowest BCUT2D eigenvalue weighted by molar-refractivity contribution is -0.117. The number of nitrogens with zero attached hydrogens (tertiary/aromatic N) is 1. The Bertz CT molecular complexity index is 646. The molecule has 0 saturated heterocycles. The van der Waals surface area contributed by atoms with Gasteiger partial charge in [-0.25, -0.2) is 4.39 Å². The van der Waals surface area contributed by atoms with E-state index in [1.807, 2.05) is 0 Å². The minimum absolute atomic E-state index is 0.0326. The van der Waals surface area contributed by atoms with Crippen molar-refractivity contribution in [3.05, 3.63) is 58.9 Å². The van der Waals surface area contributed by atoms with Gasteiger partial charge < -0.3 is 10.6 Å². The van der Waals surface area contributed by atoms with Crippen LogP contribution in [-0.4, -0.2) is 13.0 Å². The van der Waals surface area contributed by atoms with Crippen molar-refractivity contribution in [2.75, 3.05) is 17.7 Å². The van der Waals surface area contributed by atoms with Crippen LogP contribution < -0.4 is 10.6 Å². The van der Waals surface area contributed by atoms with Gasteiger partial charge in [-0.15, -0.1) is 0 Å². The van der Waals surface area contributed by atoms with Crippen molar-refractivity contribution in [1.29, 1.82) is 0 Å². The molecule has 0 atom stereocenters. The van der Waals surface area contributed by atoms with E-state index in [0.29, 0.717) is 22.0 Å². The Morgan fingerprint density at radius 3 is 2.70 bits per heavy atom. The second-order valence-electron chi connectivity index (χ2n) is 4.42. The molecule has 1 amide bonds. The molecular weight excluding hydrogens is 279 g/mol. The molecule has 104 valence electrons. The standard InChI is InChI=1S/C15H14ClFN2O/c1-19(14-9-11(16)6-7-13(14)18)15(20)8-10-4-2-3-5-12(10)17/h2-7,9H,8,18H2,1H3. The minimum Gasteiger partial charge on any atom is -0.397 e. The van der Waals surface area contributed by atoms with Crippen molar-refractivity contribution in [3.8, 4) is 0 Å². The van der Waals surface area contributed by atoms with Crippen molar-refractivity contribution in [2.45, 2.75) is 6.42 Å². The van der Waals surface area contributed by atoms with Gasteiger partial charge in [0.2, 0.25) is 5.91 Å². The third-order valence-corrected chi connectivity index (χ3v) is 3.26. The molecule has 0 bridgehead atoms. The van der Waals surface area contributed by atoms with Gasteiger partial charge in [0.1, 0.15) is 5.82 Å². The fraction of sp³-hybridized carbons (Fsp3) is 0.133. The number of amides is 1. The summed E-state index contributed by atoms with van der Waals surface area (Å²) in [4.78, 5) is 13.6. The van der Waals surface area contributed by atoms with Crippen molar-refractivity contribution in [2.24, 2.45) is 0 Å². The van der Waals surface area contributed by atoms with Crippen molar-refractivity contribution < 1.29 is 9.18 Å². The average Bonchev–Trinajstić information content (AvgIpc) is 2.43. The van der Waals surface area contributed by atoms with Crippen molar-refractivity contribution in [3.63, 3.8) is 0 Å². The first-order valence-corrected chi connectivity index (χ1v) is 6.42. The number of hydrogen-bond donors (Lipinski definition) is 1. The Kier molecular flexibility index (Phi) is 4.25. The zero-order chi connectivity index (χ0) is 14.7. The number of carbonyl (C=O) groups is 1. The maximum atomic E-state index is 13.5. The maximum Gasteiger partial charge on any atom is 0.231 e. The van der Waals surface area contributed by atoms with Crippen LogP contribution in [0.2, 0.25) is 5.02 Å². The van der Waals surface area contributed by atoms with Crippen molar-refractivity contribution in [1.82, 2.24) is 0 Å². The van der Waals surface area contributed by atoms with Gasteiger partial charge in [-0.1, -0.05) is 29.8 Å². The molecule has 0 radical (unpaired) electrons. The molecule has 0 saturated carbocycles. The molecule has 20 heavy (non-hydrogen) atoms. The maximum absolute atomic E-state index is 13.5. The summed E-state index contributed by atoms with van der Waals surface area (Å²) in [6.45, 7) is 0. The number of nitrogens with two attached hydrogens (primary N) is 1. The quantitative estimate of drug-likeness (QED) is 0.883. The summed E-state index contributed by atoms with van der Waals surface area (Å²) >= 11 is 5.90. The molecule has 0 unspecified atom stereocenters. The lowest BCUT2D eigenvalue weighted by atomic mass is 10.1. The fourth-order valence-electron chi connectivity index (χ4n) is 1.86. The molecule has 3 nitrogen and oxygen atoms in total. The molecule has 0 aliphatic heterocycles. The first-order chi connectivity index (χ1) is 9.49. The molecule has 0 aliphatic rings. The smallest absolute Gasteiger partial charge is 0.231 e. The zero-order valence-electron chi connectivity index (χ0n) is 10.9. The van der Waals surface area contributed by atoms with Gasteiger partial charge in [0, 0.05) is 12.1 Å². The third-order valence-electron chi connectivity index (χ3n) is 3.03. The Balaban J connectivity index is 2.21. The van der Waals surface area contributed by atoms with Gasteiger partial charge in [0.15, 0.2) is 0 Å². The van der Waals surface area contributed by atoms with Crippen LogP contribution in [0.4, 0.5) is 15.8 Å². The molecule has 2 N–H and O–H groups in total. The Morgan fingerprint density at radius 1 is 1.30 bits per heavy atom. The van der Waals surface area contributed by atoms with Crippen LogP contribution in [0, 0.1) is 5.82 Å². The predicted octanol–water partition coefficient (Wildman–Crippen LogP) is 3.27. The Labute approximate surface area is 121 Å². The number of carbonyl (C=O) groups excluding carboxylic acids is 1. The summed E-state index contributed by atoms with van der Waals surface area (Å²) in [6.07, 6.45) is -0.0326. The third kappa shape index (κ3) is 3.08. The summed E-state index contributed by atoms with van der Waals surface area (Å²) in [7, 11) is 1.59. The molecule has 0 fully saturated rings. The van der Waals surface area contributed by atoms with E-state index < -0.39 is 5.82 Å². The van der Waals surface area contributed by atoms with Gasteiger partial charge in [-0.2, -0.15) is 0 Å². The van der Waals surface area contributed by atoms with E-state index in [4.69, 9.17) is 17.3 Å². The van der Waals surface area contributed by atoms with E-state index >= 15 is 0 Å². The fourth-order valence-corrected chi connectivity index (χ4v) is 2.03. The zero-order valence-corrected chi connectivity index (χ0v) is 11.7. The largest absolute Gasteiger partial charge is 0.397 e. The van der Waals surface area contributed by atoms with Gasteiger partial charge in [0.25, 0.3) is 0 Å². The average molecular weight is 293 g/mol. The van der Waals surface area contributed by atoms with Crippen LogP contribution in [0.25, 0.3) is 0 Å². The highest BCUT2D eigenvalue weighted by molar-refractivity contribution is 6.31. The molecule has 2 aromatic rings. The highest BCUT2D eigenvalue weighted by Gasteiger charge is 2.16. The SMILES string of the molecule is CN(C(=O)Cc1ccccc1F)c1cc(Cl)ccc1N. The van der Waals surface area contributed by atoms with Crippen LogP contribution in [-0.2, 0) is 11.2 Å². The van der Waals surface area contributed by atoms with E-state index in [1.165, 1.54) is 11.0 Å². The van der Waals surface area contributed by atoms with Crippen LogP contribution >= 0.6 is 11.6 Å². The summed E-state index contributed by atoms with van der Waals surface area (Å²) in [5.41, 5.74) is 7.13. The lowest BCUT2D eigenvalue weighted by Gasteiger charge is -2.19. The van der Waals surface area contributed by atoms with Crippen LogP contribution in [0.1, 0.15) is 5.56 Å². The Morgan fingerprint density at radius 2 is 2.00 bits per heavy atom. The lowest BCUT2D eigenvalue weighted by Crippen LogP contribution is -2.28. The highest BCUT2D eigenvalue weighted by atomic mass is 35.5. The topological polar surface area (TPSA) is 46.3 Å². The van der Waals surface area contributed by atoms with E-state index in [9.17, 15) is 9.18 Å². The molecule has 0 spiro atoms. The molecule has 0 aliphatic carbocycles. The van der Waals surface area contributed by atoms with Crippen LogP contribution in [0.3, 0.4) is 0 Å². The van der Waals surface area contributed by atoms with Gasteiger partial charge in [-0.05, 0) is 29.8 Å². The Hall–Kier alpha value is -2.07. The summed E-state index contributed by atoms with van der Waals surface area (Å²) in [5, 5.41) is 0.486. The first kappa shape index (κ1) is 14.3.